The van der Waals surface area contributed by atoms with Crippen molar-refractivity contribution in [1.82, 2.24) is 5.43 Å². The van der Waals surface area contributed by atoms with E-state index in [1.807, 2.05) is 42.5 Å². The van der Waals surface area contributed by atoms with Crippen molar-refractivity contribution >= 4 is 23.7 Å². The Morgan fingerprint density at radius 1 is 1.07 bits per heavy atom. The first-order valence-electron chi connectivity index (χ1n) is 8.17. The predicted octanol–water partition coefficient (Wildman–Crippen LogP) is 4.82. The zero-order valence-electron chi connectivity index (χ0n) is 14.2. The lowest BCUT2D eigenvalue weighted by atomic mass is 10.2. The van der Waals surface area contributed by atoms with Gasteiger partial charge in [-0.1, -0.05) is 48.0 Å². The molecule has 0 aliphatic heterocycles. The van der Waals surface area contributed by atoms with E-state index in [9.17, 15) is 9.18 Å². The Morgan fingerprint density at radius 3 is 2.63 bits per heavy atom. The van der Waals surface area contributed by atoms with Crippen LogP contribution in [0.5, 0.6) is 5.75 Å². The summed E-state index contributed by atoms with van der Waals surface area (Å²) in [5.74, 6) is -0.545. The van der Waals surface area contributed by atoms with E-state index in [2.05, 4.69) is 10.5 Å². The number of nitrogens with one attached hydrogen (secondary N) is 1. The lowest BCUT2D eigenvalue weighted by Gasteiger charge is -2.07. The van der Waals surface area contributed by atoms with E-state index in [-0.39, 0.29) is 5.56 Å². The van der Waals surface area contributed by atoms with Crippen LogP contribution in [-0.4, -0.2) is 12.1 Å². The summed E-state index contributed by atoms with van der Waals surface area (Å²) in [6.07, 6.45) is 1.47. The SMILES string of the molecule is O=C(N/N=C/c1cccc(OCc2ccc(Cl)cc2)c1)c1ccccc1F. The Morgan fingerprint density at radius 2 is 1.85 bits per heavy atom. The fraction of sp³-hybridized carbons (Fsp3) is 0.0476. The third-order valence-electron chi connectivity index (χ3n) is 3.68. The zero-order chi connectivity index (χ0) is 19.1. The van der Waals surface area contributed by atoms with Crippen LogP contribution in [0.25, 0.3) is 0 Å². The maximum atomic E-state index is 13.6. The molecule has 0 radical (unpaired) electrons. The highest BCUT2D eigenvalue weighted by atomic mass is 35.5. The molecule has 0 saturated heterocycles. The van der Waals surface area contributed by atoms with Crippen LogP contribution in [0.3, 0.4) is 0 Å². The molecule has 0 spiro atoms. The molecular formula is C21H16ClFN2O2. The second kappa shape index (κ2) is 8.96. The first-order chi connectivity index (χ1) is 13.1. The number of hydrogen-bond acceptors (Lipinski definition) is 3. The first-order valence-corrected chi connectivity index (χ1v) is 8.55. The van der Waals surface area contributed by atoms with Crippen LogP contribution in [0.1, 0.15) is 21.5 Å². The molecule has 0 heterocycles. The number of benzene rings is 3. The number of rotatable bonds is 6. The Balaban J connectivity index is 1.58. The molecule has 0 fully saturated rings. The minimum atomic E-state index is -0.612. The summed E-state index contributed by atoms with van der Waals surface area (Å²) in [5, 5.41) is 4.54. The van der Waals surface area contributed by atoms with E-state index in [0.717, 1.165) is 11.1 Å². The van der Waals surface area contributed by atoms with E-state index in [1.54, 1.807) is 12.1 Å². The van der Waals surface area contributed by atoms with Crippen LogP contribution in [0, 0.1) is 5.82 Å². The summed E-state index contributed by atoms with van der Waals surface area (Å²) in [4.78, 5) is 11.9. The average Bonchev–Trinajstić information content (AvgIpc) is 2.68. The molecule has 3 rings (SSSR count). The van der Waals surface area contributed by atoms with Crippen molar-refractivity contribution < 1.29 is 13.9 Å². The number of carbonyl (C=O) groups is 1. The summed E-state index contributed by atoms with van der Waals surface area (Å²) < 4.78 is 19.3. The average molecular weight is 383 g/mol. The Labute approximate surface area is 161 Å². The number of hydrogen-bond donors (Lipinski definition) is 1. The molecule has 3 aromatic carbocycles. The second-order valence-electron chi connectivity index (χ2n) is 5.67. The molecule has 0 bridgehead atoms. The van der Waals surface area contributed by atoms with Crippen molar-refractivity contribution in [3.05, 3.63) is 100 Å². The maximum Gasteiger partial charge on any atom is 0.274 e. The van der Waals surface area contributed by atoms with Crippen LogP contribution >= 0.6 is 11.6 Å². The fourth-order valence-electron chi connectivity index (χ4n) is 2.30. The monoisotopic (exact) mass is 382 g/mol. The predicted molar refractivity (Wildman–Crippen MR) is 104 cm³/mol. The van der Waals surface area contributed by atoms with Crippen LogP contribution < -0.4 is 10.2 Å². The van der Waals surface area contributed by atoms with Crippen LogP contribution in [0.15, 0.2) is 77.9 Å². The topological polar surface area (TPSA) is 50.7 Å². The molecule has 0 unspecified atom stereocenters. The van der Waals surface area contributed by atoms with Crippen molar-refractivity contribution in [2.45, 2.75) is 6.61 Å². The van der Waals surface area contributed by atoms with Gasteiger partial charge in [-0.15, -0.1) is 0 Å². The number of nitrogens with zero attached hydrogens (tertiary/aromatic N) is 1. The van der Waals surface area contributed by atoms with Gasteiger partial charge >= 0.3 is 0 Å². The normalized spacial score (nSPS) is 10.7. The van der Waals surface area contributed by atoms with Gasteiger partial charge in [0, 0.05) is 5.02 Å². The van der Waals surface area contributed by atoms with E-state index in [1.165, 1.54) is 24.4 Å². The van der Waals surface area contributed by atoms with Crippen LogP contribution in [0.2, 0.25) is 5.02 Å². The molecule has 136 valence electrons. The van der Waals surface area contributed by atoms with Gasteiger partial charge in [-0.3, -0.25) is 4.79 Å². The summed E-state index contributed by atoms with van der Waals surface area (Å²) in [5.41, 5.74) is 3.98. The number of carbonyl (C=O) groups excluding carboxylic acids is 1. The van der Waals surface area contributed by atoms with Crippen LogP contribution in [0.4, 0.5) is 4.39 Å². The van der Waals surface area contributed by atoms with Gasteiger partial charge in [-0.05, 0) is 47.5 Å². The lowest BCUT2D eigenvalue weighted by Crippen LogP contribution is -2.18. The molecule has 6 heteroatoms. The highest BCUT2D eigenvalue weighted by molar-refractivity contribution is 6.30. The number of amides is 1. The summed E-state index contributed by atoms with van der Waals surface area (Å²) in [7, 11) is 0. The molecule has 1 N–H and O–H groups in total. The van der Waals surface area contributed by atoms with Gasteiger partial charge in [0.2, 0.25) is 0 Å². The van der Waals surface area contributed by atoms with Gasteiger partial charge in [0.15, 0.2) is 0 Å². The molecule has 1 amide bonds. The van der Waals surface area contributed by atoms with Crippen molar-refractivity contribution in [3.8, 4) is 5.75 Å². The van der Waals surface area contributed by atoms with Gasteiger partial charge in [0.1, 0.15) is 18.2 Å². The number of hydrazone groups is 1. The highest BCUT2D eigenvalue weighted by Gasteiger charge is 2.09. The third kappa shape index (κ3) is 5.39. The van der Waals surface area contributed by atoms with Gasteiger partial charge in [-0.25, -0.2) is 9.82 Å². The van der Waals surface area contributed by atoms with Crippen molar-refractivity contribution in [2.75, 3.05) is 0 Å². The van der Waals surface area contributed by atoms with Crippen LogP contribution in [-0.2, 0) is 6.61 Å². The number of ether oxygens (including phenoxy) is 1. The smallest absolute Gasteiger partial charge is 0.274 e. The van der Waals surface area contributed by atoms with Crippen molar-refractivity contribution in [2.24, 2.45) is 5.10 Å². The first kappa shape index (κ1) is 18.6. The largest absolute Gasteiger partial charge is 0.489 e. The molecular weight excluding hydrogens is 367 g/mol. The Kier molecular flexibility index (Phi) is 6.18. The Bertz CT molecular complexity index is 958. The molecule has 0 aliphatic rings. The Hall–Kier alpha value is -3.18. The van der Waals surface area contributed by atoms with Crippen molar-refractivity contribution in [1.29, 1.82) is 0 Å². The minimum Gasteiger partial charge on any atom is -0.489 e. The zero-order valence-corrected chi connectivity index (χ0v) is 15.0. The van der Waals surface area contributed by atoms with E-state index in [0.29, 0.717) is 17.4 Å². The van der Waals surface area contributed by atoms with Gasteiger partial charge in [-0.2, -0.15) is 5.10 Å². The number of halogens is 2. The summed E-state index contributed by atoms with van der Waals surface area (Å²) >= 11 is 5.86. The van der Waals surface area contributed by atoms with Gasteiger partial charge < -0.3 is 4.74 Å². The van der Waals surface area contributed by atoms with Gasteiger partial charge in [0.05, 0.1) is 11.8 Å². The van der Waals surface area contributed by atoms with E-state index < -0.39 is 11.7 Å². The highest BCUT2D eigenvalue weighted by Crippen LogP contribution is 2.16. The third-order valence-corrected chi connectivity index (χ3v) is 3.93. The fourth-order valence-corrected chi connectivity index (χ4v) is 2.43. The minimum absolute atomic E-state index is 0.0605. The summed E-state index contributed by atoms with van der Waals surface area (Å²) in [6, 6.07) is 20.4. The maximum absolute atomic E-state index is 13.6. The standard InChI is InChI=1S/C21H16ClFN2O2/c22-17-10-8-15(9-11-17)14-27-18-5-3-4-16(12-18)13-24-25-21(26)19-6-1-2-7-20(19)23/h1-13H,14H2,(H,25,26)/b24-13+. The lowest BCUT2D eigenvalue weighted by molar-refractivity contribution is 0.0951. The molecule has 0 saturated carbocycles. The molecule has 27 heavy (non-hydrogen) atoms. The molecule has 0 aliphatic carbocycles. The second-order valence-corrected chi connectivity index (χ2v) is 6.10. The molecule has 0 atom stereocenters. The van der Waals surface area contributed by atoms with Crippen molar-refractivity contribution in [3.63, 3.8) is 0 Å². The molecule has 0 aromatic heterocycles. The van der Waals surface area contributed by atoms with Gasteiger partial charge in [0.25, 0.3) is 5.91 Å². The van der Waals surface area contributed by atoms with E-state index in [4.69, 9.17) is 16.3 Å². The molecule has 4 nitrogen and oxygen atoms in total. The van der Waals surface area contributed by atoms with E-state index >= 15 is 0 Å². The summed E-state index contributed by atoms with van der Waals surface area (Å²) in [6.45, 7) is 0.405. The molecule has 3 aromatic rings. The quantitative estimate of drug-likeness (QED) is 0.490.